The molecule has 1 N–H and O–H groups in total. The average Bonchev–Trinajstić information content (AvgIpc) is 2.93. The molecule has 0 unspecified atom stereocenters. The highest BCUT2D eigenvalue weighted by molar-refractivity contribution is 7.09. The van der Waals surface area contributed by atoms with Crippen molar-refractivity contribution < 1.29 is 4.79 Å². The minimum atomic E-state index is -0.191. The van der Waals surface area contributed by atoms with Gasteiger partial charge in [0.2, 0.25) is 11.9 Å². The van der Waals surface area contributed by atoms with E-state index in [1.165, 1.54) is 11.3 Å². The molecule has 3 aromatic heterocycles. The van der Waals surface area contributed by atoms with Gasteiger partial charge in [0, 0.05) is 17.8 Å². The number of aryl methyl sites for hydroxylation is 1. The van der Waals surface area contributed by atoms with Gasteiger partial charge in [-0.3, -0.25) is 15.1 Å². The summed E-state index contributed by atoms with van der Waals surface area (Å²) in [6.07, 6.45) is 3.50. The number of carbonyl (C=O) groups excluding carboxylic acids is 1. The molecule has 7 heteroatoms. The van der Waals surface area contributed by atoms with E-state index in [0.29, 0.717) is 5.69 Å². The Balaban J connectivity index is 1.71. The Hall–Kier alpha value is -2.67. The number of rotatable bonds is 4. The third kappa shape index (κ3) is 3.50. The molecule has 0 aliphatic rings. The molecule has 0 atom stereocenters. The van der Waals surface area contributed by atoms with Crippen molar-refractivity contribution in [1.82, 2.24) is 19.9 Å². The molecule has 0 aliphatic heterocycles. The molecular formula is C15H13N5OS. The summed E-state index contributed by atoms with van der Waals surface area (Å²) in [5.41, 5.74) is 2.15. The predicted octanol–water partition coefficient (Wildman–Crippen LogP) is 2.48. The molecule has 110 valence electrons. The van der Waals surface area contributed by atoms with Crippen molar-refractivity contribution in [2.45, 2.75) is 13.3 Å². The highest BCUT2D eigenvalue weighted by atomic mass is 32.1. The zero-order chi connectivity index (χ0) is 15.4. The molecule has 22 heavy (non-hydrogen) atoms. The number of amides is 1. The minimum Gasteiger partial charge on any atom is -0.294 e. The first-order valence-electron chi connectivity index (χ1n) is 6.66. The lowest BCUT2D eigenvalue weighted by Crippen LogP contribution is -2.16. The van der Waals surface area contributed by atoms with E-state index >= 15 is 0 Å². The summed E-state index contributed by atoms with van der Waals surface area (Å²) < 4.78 is 0. The van der Waals surface area contributed by atoms with Crippen molar-refractivity contribution in [3.05, 3.63) is 52.7 Å². The number of nitrogens with zero attached hydrogens (tertiary/aromatic N) is 4. The van der Waals surface area contributed by atoms with E-state index in [4.69, 9.17) is 0 Å². The van der Waals surface area contributed by atoms with Crippen LogP contribution in [-0.4, -0.2) is 25.8 Å². The van der Waals surface area contributed by atoms with E-state index in [-0.39, 0.29) is 18.3 Å². The van der Waals surface area contributed by atoms with Crippen molar-refractivity contribution >= 4 is 23.2 Å². The van der Waals surface area contributed by atoms with Crippen LogP contribution in [0.3, 0.4) is 0 Å². The molecule has 3 heterocycles. The number of nitrogens with one attached hydrogen (secondary N) is 1. The van der Waals surface area contributed by atoms with Gasteiger partial charge in [-0.1, -0.05) is 6.07 Å². The van der Waals surface area contributed by atoms with E-state index in [1.54, 1.807) is 18.5 Å². The average molecular weight is 311 g/mol. The van der Waals surface area contributed by atoms with Gasteiger partial charge >= 0.3 is 0 Å². The Labute approximate surface area is 131 Å². The Morgan fingerprint density at radius 1 is 1.14 bits per heavy atom. The van der Waals surface area contributed by atoms with E-state index in [9.17, 15) is 4.79 Å². The normalized spacial score (nSPS) is 10.4. The van der Waals surface area contributed by atoms with Crippen molar-refractivity contribution in [2.75, 3.05) is 5.32 Å². The zero-order valence-electron chi connectivity index (χ0n) is 11.9. The van der Waals surface area contributed by atoms with Crippen LogP contribution in [0, 0.1) is 6.92 Å². The first-order valence-corrected chi connectivity index (χ1v) is 7.54. The van der Waals surface area contributed by atoms with Gasteiger partial charge in [-0.25, -0.2) is 15.0 Å². The number of anilines is 1. The number of thiazole rings is 1. The lowest BCUT2D eigenvalue weighted by atomic mass is 10.2. The van der Waals surface area contributed by atoms with E-state index in [1.807, 2.05) is 30.5 Å². The Morgan fingerprint density at radius 3 is 2.77 bits per heavy atom. The van der Waals surface area contributed by atoms with Crippen LogP contribution in [0.4, 0.5) is 5.95 Å². The molecule has 6 nitrogen and oxygen atoms in total. The third-order valence-electron chi connectivity index (χ3n) is 2.84. The van der Waals surface area contributed by atoms with Gasteiger partial charge in [0.1, 0.15) is 0 Å². The van der Waals surface area contributed by atoms with Crippen LogP contribution in [0.1, 0.15) is 10.7 Å². The van der Waals surface area contributed by atoms with Crippen molar-refractivity contribution in [3.8, 4) is 11.4 Å². The van der Waals surface area contributed by atoms with Gasteiger partial charge in [-0.15, -0.1) is 11.3 Å². The van der Waals surface area contributed by atoms with Gasteiger partial charge in [-0.2, -0.15) is 0 Å². The van der Waals surface area contributed by atoms with Crippen LogP contribution in [-0.2, 0) is 11.2 Å². The molecule has 3 aromatic rings. The predicted molar refractivity (Wildman–Crippen MR) is 84.4 cm³/mol. The number of pyridine rings is 1. The quantitative estimate of drug-likeness (QED) is 0.800. The lowest BCUT2D eigenvalue weighted by molar-refractivity contribution is -0.115. The van der Waals surface area contributed by atoms with E-state index < -0.39 is 0 Å². The smallest absolute Gasteiger partial charge is 0.232 e. The number of aromatic nitrogens is 4. The monoisotopic (exact) mass is 311 g/mol. The molecule has 0 saturated carbocycles. The first-order chi connectivity index (χ1) is 10.7. The molecule has 1 amide bonds. The van der Waals surface area contributed by atoms with Crippen LogP contribution in [0.2, 0.25) is 0 Å². The molecule has 0 saturated heterocycles. The van der Waals surface area contributed by atoms with Gasteiger partial charge in [0.15, 0.2) is 0 Å². The van der Waals surface area contributed by atoms with Gasteiger partial charge < -0.3 is 0 Å². The molecule has 0 radical (unpaired) electrons. The highest BCUT2D eigenvalue weighted by Gasteiger charge is 2.09. The van der Waals surface area contributed by atoms with Gasteiger partial charge in [-0.05, 0) is 25.1 Å². The zero-order valence-corrected chi connectivity index (χ0v) is 12.7. The fourth-order valence-electron chi connectivity index (χ4n) is 1.90. The Bertz CT molecular complexity index is 787. The summed E-state index contributed by atoms with van der Waals surface area (Å²) in [4.78, 5) is 28.9. The maximum atomic E-state index is 12.0. The third-order valence-corrected chi connectivity index (χ3v) is 3.66. The Kier molecular flexibility index (Phi) is 4.15. The topological polar surface area (TPSA) is 80.7 Å². The highest BCUT2D eigenvalue weighted by Crippen LogP contribution is 2.14. The van der Waals surface area contributed by atoms with Crippen molar-refractivity contribution in [1.29, 1.82) is 0 Å². The van der Waals surface area contributed by atoms with Crippen LogP contribution < -0.4 is 5.32 Å². The lowest BCUT2D eigenvalue weighted by Gasteiger charge is -2.04. The maximum Gasteiger partial charge on any atom is 0.232 e. The second-order valence-electron chi connectivity index (χ2n) is 4.56. The molecular weight excluding hydrogens is 298 g/mol. The fourth-order valence-corrected chi connectivity index (χ4v) is 2.51. The first kappa shape index (κ1) is 14.3. The van der Waals surface area contributed by atoms with Gasteiger partial charge in [0.25, 0.3) is 0 Å². The summed E-state index contributed by atoms with van der Waals surface area (Å²) in [7, 11) is 0. The second-order valence-corrected chi connectivity index (χ2v) is 5.63. The second kappa shape index (κ2) is 6.40. The van der Waals surface area contributed by atoms with Crippen LogP contribution in [0.5, 0.6) is 0 Å². The SMILES string of the molecule is Cc1nc(CC(=O)Nc2nccc(-c3ccccn3)n2)cs1. The largest absolute Gasteiger partial charge is 0.294 e. The number of hydrogen-bond acceptors (Lipinski definition) is 6. The number of carbonyl (C=O) groups is 1. The Morgan fingerprint density at radius 2 is 2.05 bits per heavy atom. The maximum absolute atomic E-state index is 12.0. The summed E-state index contributed by atoms with van der Waals surface area (Å²) in [6, 6.07) is 7.32. The molecule has 0 spiro atoms. The molecule has 3 rings (SSSR count). The molecule has 0 fully saturated rings. The fraction of sp³-hybridized carbons (Fsp3) is 0.133. The van der Waals surface area contributed by atoms with E-state index in [0.717, 1.165) is 16.4 Å². The number of hydrogen-bond donors (Lipinski definition) is 1. The van der Waals surface area contributed by atoms with Crippen LogP contribution in [0.25, 0.3) is 11.4 Å². The van der Waals surface area contributed by atoms with Crippen LogP contribution >= 0.6 is 11.3 Å². The summed E-state index contributed by atoms with van der Waals surface area (Å²) in [5, 5.41) is 5.50. The molecule has 0 aliphatic carbocycles. The molecule has 0 aromatic carbocycles. The van der Waals surface area contributed by atoms with Crippen molar-refractivity contribution in [3.63, 3.8) is 0 Å². The summed E-state index contributed by atoms with van der Waals surface area (Å²) >= 11 is 1.52. The summed E-state index contributed by atoms with van der Waals surface area (Å²) in [5.74, 6) is 0.0728. The summed E-state index contributed by atoms with van der Waals surface area (Å²) in [6.45, 7) is 1.91. The minimum absolute atomic E-state index is 0.191. The van der Waals surface area contributed by atoms with Crippen LogP contribution in [0.15, 0.2) is 42.0 Å². The van der Waals surface area contributed by atoms with E-state index in [2.05, 4.69) is 25.3 Å². The standard InChI is InChI=1S/C15H13N5OS/c1-10-18-11(9-22-10)8-14(21)20-15-17-7-5-13(19-15)12-4-2-3-6-16-12/h2-7,9H,8H2,1H3,(H,17,19,20,21). The molecule has 0 bridgehead atoms. The van der Waals surface area contributed by atoms with Crippen molar-refractivity contribution in [2.24, 2.45) is 0 Å². The van der Waals surface area contributed by atoms with Gasteiger partial charge in [0.05, 0.1) is 28.5 Å².